The fourth-order valence-corrected chi connectivity index (χ4v) is 4.65. The summed E-state index contributed by atoms with van der Waals surface area (Å²) in [6.45, 7) is 6.74. The molecule has 1 aromatic heterocycles. The lowest BCUT2D eigenvalue weighted by Gasteiger charge is -2.37. The Morgan fingerprint density at radius 3 is 2.78 bits per heavy atom. The molecule has 0 radical (unpaired) electrons. The summed E-state index contributed by atoms with van der Waals surface area (Å²) in [5.41, 5.74) is 5.29. The van der Waals surface area contributed by atoms with E-state index in [1.165, 1.54) is 55.2 Å². The van der Waals surface area contributed by atoms with Crippen molar-refractivity contribution in [3.63, 3.8) is 0 Å². The predicted octanol–water partition coefficient (Wildman–Crippen LogP) is 2.71. The van der Waals surface area contributed by atoms with Crippen molar-refractivity contribution in [2.45, 2.75) is 45.1 Å². The molecule has 3 aliphatic rings. The van der Waals surface area contributed by atoms with Crippen LogP contribution in [0.25, 0.3) is 10.9 Å². The van der Waals surface area contributed by atoms with Crippen molar-refractivity contribution in [1.82, 2.24) is 14.9 Å². The van der Waals surface area contributed by atoms with Crippen LogP contribution in [0, 0.1) is 6.92 Å². The second-order valence-electron chi connectivity index (χ2n) is 7.38. The zero-order valence-electron chi connectivity index (χ0n) is 13.9. The van der Waals surface area contributed by atoms with Crippen LogP contribution in [0.4, 0.5) is 5.95 Å². The molecule has 2 aliphatic heterocycles. The number of hydrogen-bond donors (Lipinski definition) is 0. The van der Waals surface area contributed by atoms with Gasteiger partial charge in [0.25, 0.3) is 0 Å². The Bertz CT molecular complexity index is 770. The molecule has 23 heavy (non-hydrogen) atoms. The van der Waals surface area contributed by atoms with Crippen molar-refractivity contribution in [1.29, 1.82) is 0 Å². The van der Waals surface area contributed by atoms with Gasteiger partial charge in [-0.2, -0.15) is 0 Å². The maximum Gasteiger partial charge on any atom is 0.226 e. The molecule has 1 aliphatic carbocycles. The van der Waals surface area contributed by atoms with Crippen LogP contribution < -0.4 is 4.90 Å². The lowest BCUT2D eigenvalue weighted by atomic mass is 10.1. The third-order valence-corrected chi connectivity index (χ3v) is 5.96. The summed E-state index contributed by atoms with van der Waals surface area (Å²) in [5, 5.41) is 1.24. The summed E-state index contributed by atoms with van der Waals surface area (Å²) in [6.07, 6.45) is 6.40. The minimum atomic E-state index is 0.711. The van der Waals surface area contributed by atoms with E-state index in [-0.39, 0.29) is 0 Å². The molecule has 0 spiro atoms. The van der Waals surface area contributed by atoms with E-state index < -0.39 is 0 Å². The van der Waals surface area contributed by atoms with Crippen LogP contribution in [-0.4, -0.2) is 47.1 Å². The van der Waals surface area contributed by atoms with Crippen molar-refractivity contribution in [3.05, 3.63) is 29.0 Å². The van der Waals surface area contributed by atoms with Gasteiger partial charge in [0.1, 0.15) is 0 Å². The molecule has 0 unspecified atom stereocenters. The first-order valence-electron chi connectivity index (χ1n) is 9.07. The van der Waals surface area contributed by atoms with Crippen molar-refractivity contribution in [2.75, 3.05) is 31.1 Å². The fourth-order valence-electron chi connectivity index (χ4n) is 4.65. The van der Waals surface area contributed by atoms with E-state index in [0.717, 1.165) is 36.8 Å². The van der Waals surface area contributed by atoms with Gasteiger partial charge >= 0.3 is 0 Å². The highest BCUT2D eigenvalue weighted by Crippen LogP contribution is 2.30. The van der Waals surface area contributed by atoms with E-state index in [1.54, 1.807) is 0 Å². The number of fused-ring (bicyclic) bond motifs is 3. The molecule has 1 atom stereocenters. The predicted molar refractivity (Wildman–Crippen MR) is 93.1 cm³/mol. The highest BCUT2D eigenvalue weighted by Gasteiger charge is 2.31. The Morgan fingerprint density at radius 2 is 1.87 bits per heavy atom. The van der Waals surface area contributed by atoms with E-state index in [4.69, 9.17) is 9.97 Å². The topological polar surface area (TPSA) is 32.3 Å². The first-order valence-corrected chi connectivity index (χ1v) is 9.07. The standard InChI is InChI=1S/C19H24N4/c1-13-17-10-14-4-2-5-15(14)11-18(17)21-19(20-13)23-9-8-22-7-3-6-16(22)12-23/h10-11,16H,2-9,12H2,1H3/t16-/m1/s1. The van der Waals surface area contributed by atoms with Gasteiger partial charge < -0.3 is 4.90 Å². The Morgan fingerprint density at radius 1 is 1.00 bits per heavy atom. The third kappa shape index (κ3) is 2.23. The minimum absolute atomic E-state index is 0.711. The molecular formula is C19H24N4. The normalized spacial score (nSPS) is 24.2. The number of aryl methyl sites for hydroxylation is 3. The summed E-state index contributed by atoms with van der Waals surface area (Å²) in [5.74, 6) is 0.944. The number of benzene rings is 1. The molecule has 5 rings (SSSR count). The monoisotopic (exact) mass is 308 g/mol. The zero-order valence-corrected chi connectivity index (χ0v) is 13.9. The van der Waals surface area contributed by atoms with Crippen LogP contribution in [0.15, 0.2) is 12.1 Å². The van der Waals surface area contributed by atoms with Crippen molar-refractivity contribution < 1.29 is 0 Å². The molecule has 3 heterocycles. The van der Waals surface area contributed by atoms with E-state index in [2.05, 4.69) is 28.9 Å². The number of rotatable bonds is 1. The number of anilines is 1. The molecule has 0 bridgehead atoms. The molecule has 0 N–H and O–H groups in total. The summed E-state index contributed by atoms with van der Waals surface area (Å²) in [4.78, 5) is 14.9. The Labute approximate surface area is 137 Å². The maximum atomic E-state index is 4.95. The lowest BCUT2D eigenvalue weighted by Crippen LogP contribution is -2.50. The second-order valence-corrected chi connectivity index (χ2v) is 7.38. The van der Waals surface area contributed by atoms with Crippen molar-refractivity contribution >= 4 is 16.9 Å². The minimum Gasteiger partial charge on any atom is -0.338 e. The maximum absolute atomic E-state index is 4.95. The molecule has 0 amide bonds. The van der Waals surface area contributed by atoms with Crippen molar-refractivity contribution in [2.24, 2.45) is 0 Å². The van der Waals surface area contributed by atoms with E-state index >= 15 is 0 Å². The smallest absolute Gasteiger partial charge is 0.226 e. The fraction of sp³-hybridized carbons (Fsp3) is 0.579. The van der Waals surface area contributed by atoms with Crippen LogP contribution in [0.5, 0.6) is 0 Å². The van der Waals surface area contributed by atoms with Crippen LogP contribution in [-0.2, 0) is 12.8 Å². The Hall–Kier alpha value is -1.68. The number of nitrogens with zero attached hydrogens (tertiary/aromatic N) is 4. The SMILES string of the molecule is Cc1nc(N2CCN3CCC[C@@H]3C2)nc2cc3c(cc12)CCC3. The van der Waals surface area contributed by atoms with Gasteiger partial charge in [0, 0.05) is 31.1 Å². The van der Waals surface area contributed by atoms with Crippen molar-refractivity contribution in [3.8, 4) is 0 Å². The first-order chi connectivity index (χ1) is 11.3. The summed E-state index contributed by atoms with van der Waals surface area (Å²) in [7, 11) is 0. The van der Waals surface area contributed by atoms with Crippen LogP contribution in [0.1, 0.15) is 36.1 Å². The Balaban J connectivity index is 1.53. The molecular weight excluding hydrogens is 284 g/mol. The van der Waals surface area contributed by atoms with Gasteiger partial charge in [-0.15, -0.1) is 0 Å². The zero-order chi connectivity index (χ0) is 15.4. The number of piperazine rings is 1. The highest BCUT2D eigenvalue weighted by molar-refractivity contribution is 5.84. The van der Waals surface area contributed by atoms with Gasteiger partial charge in [-0.05, 0) is 68.8 Å². The molecule has 1 aromatic carbocycles. The molecule has 2 aromatic rings. The van der Waals surface area contributed by atoms with Crippen LogP contribution >= 0.6 is 0 Å². The second kappa shape index (κ2) is 5.17. The van der Waals surface area contributed by atoms with E-state index in [9.17, 15) is 0 Å². The molecule has 4 nitrogen and oxygen atoms in total. The van der Waals surface area contributed by atoms with E-state index in [0.29, 0.717) is 6.04 Å². The molecule has 2 fully saturated rings. The molecule has 2 saturated heterocycles. The average Bonchev–Trinajstić information content (AvgIpc) is 3.20. The summed E-state index contributed by atoms with van der Waals surface area (Å²) in [6, 6.07) is 5.37. The summed E-state index contributed by atoms with van der Waals surface area (Å²) >= 11 is 0. The number of aromatic nitrogens is 2. The van der Waals surface area contributed by atoms with Crippen LogP contribution in [0.3, 0.4) is 0 Å². The highest BCUT2D eigenvalue weighted by atomic mass is 15.3. The van der Waals surface area contributed by atoms with E-state index in [1.807, 2.05) is 0 Å². The molecule has 120 valence electrons. The van der Waals surface area contributed by atoms with Gasteiger partial charge in [0.05, 0.1) is 11.2 Å². The average molecular weight is 308 g/mol. The van der Waals surface area contributed by atoms with Gasteiger partial charge in [0.2, 0.25) is 5.95 Å². The number of hydrogen-bond acceptors (Lipinski definition) is 4. The molecule has 0 saturated carbocycles. The largest absolute Gasteiger partial charge is 0.338 e. The van der Waals surface area contributed by atoms with Gasteiger partial charge in [0.15, 0.2) is 0 Å². The van der Waals surface area contributed by atoms with Crippen LogP contribution in [0.2, 0.25) is 0 Å². The lowest BCUT2D eigenvalue weighted by molar-refractivity contribution is 0.229. The summed E-state index contributed by atoms with van der Waals surface area (Å²) < 4.78 is 0. The molecule has 4 heteroatoms. The first kappa shape index (κ1) is 13.7. The quantitative estimate of drug-likeness (QED) is 0.811. The third-order valence-electron chi connectivity index (χ3n) is 5.96. The van der Waals surface area contributed by atoms with Gasteiger partial charge in [-0.1, -0.05) is 0 Å². The van der Waals surface area contributed by atoms with Gasteiger partial charge in [-0.3, -0.25) is 4.90 Å². The Kier molecular flexibility index (Phi) is 3.08. The van der Waals surface area contributed by atoms with Gasteiger partial charge in [-0.25, -0.2) is 9.97 Å².